The lowest BCUT2D eigenvalue weighted by Gasteiger charge is -2.07. The Morgan fingerprint density at radius 2 is 2.00 bits per heavy atom. The van der Waals surface area contributed by atoms with Crippen LogP contribution < -0.4 is 10.1 Å². The van der Waals surface area contributed by atoms with Crippen LogP contribution in [0.1, 0.15) is 31.2 Å². The third-order valence-electron chi connectivity index (χ3n) is 3.24. The summed E-state index contributed by atoms with van der Waals surface area (Å²) in [7, 11) is 0. The van der Waals surface area contributed by atoms with E-state index in [0.717, 1.165) is 25.1 Å². The molecule has 0 radical (unpaired) electrons. The molecule has 0 aliphatic heterocycles. The topological polar surface area (TPSA) is 21.3 Å². The standard InChI is InChI=1S/C15H19F2NO/c16-15(17)19-14-7-5-13(6-8-14)11-18-10-9-12-3-1-2-4-12/h3,5-8,15,18H,1-2,4,9-11H2. The van der Waals surface area contributed by atoms with Crippen LogP contribution in [0.5, 0.6) is 5.75 Å². The summed E-state index contributed by atoms with van der Waals surface area (Å²) in [5.41, 5.74) is 2.62. The largest absolute Gasteiger partial charge is 0.435 e. The van der Waals surface area contributed by atoms with Crippen LogP contribution in [0.2, 0.25) is 0 Å². The van der Waals surface area contributed by atoms with E-state index in [1.54, 1.807) is 29.8 Å². The quantitative estimate of drug-likeness (QED) is 0.598. The molecule has 0 amide bonds. The van der Waals surface area contributed by atoms with Crippen LogP contribution >= 0.6 is 0 Å². The predicted molar refractivity (Wildman–Crippen MR) is 71.3 cm³/mol. The van der Waals surface area contributed by atoms with Gasteiger partial charge in [-0.3, -0.25) is 0 Å². The maximum absolute atomic E-state index is 12.0. The molecule has 1 aromatic rings. The molecule has 4 heteroatoms. The van der Waals surface area contributed by atoms with Crippen molar-refractivity contribution < 1.29 is 13.5 Å². The summed E-state index contributed by atoms with van der Waals surface area (Å²) < 4.78 is 28.3. The predicted octanol–water partition coefficient (Wildman–Crippen LogP) is 3.88. The van der Waals surface area contributed by atoms with Crippen molar-refractivity contribution >= 4 is 0 Å². The smallest absolute Gasteiger partial charge is 0.387 e. The third kappa shape index (κ3) is 4.99. The van der Waals surface area contributed by atoms with Crippen molar-refractivity contribution in [2.45, 2.75) is 38.8 Å². The van der Waals surface area contributed by atoms with Gasteiger partial charge in [-0.05, 0) is 49.9 Å². The van der Waals surface area contributed by atoms with Gasteiger partial charge in [-0.1, -0.05) is 23.8 Å². The molecule has 2 rings (SSSR count). The number of hydrogen-bond donors (Lipinski definition) is 1. The van der Waals surface area contributed by atoms with Crippen LogP contribution in [0.3, 0.4) is 0 Å². The molecule has 1 aliphatic carbocycles. The highest BCUT2D eigenvalue weighted by Crippen LogP contribution is 2.20. The van der Waals surface area contributed by atoms with E-state index in [0.29, 0.717) is 0 Å². The highest BCUT2D eigenvalue weighted by atomic mass is 19.3. The van der Waals surface area contributed by atoms with E-state index in [1.807, 2.05) is 0 Å². The minimum atomic E-state index is -2.76. The number of halogens is 2. The van der Waals surface area contributed by atoms with Gasteiger partial charge in [-0.15, -0.1) is 0 Å². The van der Waals surface area contributed by atoms with Gasteiger partial charge in [0.2, 0.25) is 0 Å². The minimum Gasteiger partial charge on any atom is -0.435 e. The van der Waals surface area contributed by atoms with Crippen LogP contribution in [0, 0.1) is 0 Å². The molecule has 0 saturated carbocycles. The molecule has 104 valence electrons. The number of rotatable bonds is 7. The molecule has 0 aromatic heterocycles. The number of ether oxygens (including phenoxy) is 1. The Morgan fingerprint density at radius 3 is 2.63 bits per heavy atom. The second-order valence-electron chi connectivity index (χ2n) is 4.70. The van der Waals surface area contributed by atoms with Gasteiger partial charge in [-0.25, -0.2) is 0 Å². The van der Waals surface area contributed by atoms with E-state index in [-0.39, 0.29) is 5.75 Å². The highest BCUT2D eigenvalue weighted by molar-refractivity contribution is 5.27. The Balaban J connectivity index is 1.67. The first-order chi connectivity index (χ1) is 9.24. The fraction of sp³-hybridized carbons (Fsp3) is 0.467. The van der Waals surface area contributed by atoms with Gasteiger partial charge in [0.05, 0.1) is 0 Å². The molecule has 2 nitrogen and oxygen atoms in total. The Morgan fingerprint density at radius 1 is 1.21 bits per heavy atom. The van der Waals surface area contributed by atoms with Gasteiger partial charge in [0.1, 0.15) is 5.75 Å². The van der Waals surface area contributed by atoms with Crippen LogP contribution in [0.25, 0.3) is 0 Å². The van der Waals surface area contributed by atoms with Crippen LogP contribution in [0.15, 0.2) is 35.9 Å². The summed E-state index contributed by atoms with van der Waals surface area (Å²) >= 11 is 0. The monoisotopic (exact) mass is 267 g/mol. The normalized spacial score (nSPS) is 14.8. The SMILES string of the molecule is FC(F)Oc1ccc(CNCCC2=CCCC2)cc1. The molecule has 0 atom stereocenters. The summed E-state index contributed by atoms with van der Waals surface area (Å²) in [4.78, 5) is 0. The molecule has 0 heterocycles. The molecule has 0 unspecified atom stereocenters. The molecular formula is C15H19F2NO. The average molecular weight is 267 g/mol. The third-order valence-corrected chi connectivity index (χ3v) is 3.24. The van der Waals surface area contributed by atoms with Gasteiger partial charge in [0, 0.05) is 6.54 Å². The molecule has 1 aromatic carbocycles. The van der Waals surface area contributed by atoms with Crippen LogP contribution in [-0.2, 0) is 6.54 Å². The van der Waals surface area contributed by atoms with Crippen molar-refractivity contribution in [1.82, 2.24) is 5.32 Å². The molecule has 1 N–H and O–H groups in total. The zero-order valence-corrected chi connectivity index (χ0v) is 10.9. The summed E-state index contributed by atoms with van der Waals surface area (Å²) in [5.74, 6) is 0.204. The number of alkyl halides is 2. The summed E-state index contributed by atoms with van der Waals surface area (Å²) in [6.07, 6.45) is 7.19. The van der Waals surface area contributed by atoms with Gasteiger partial charge in [0.25, 0.3) is 0 Å². The molecule has 1 aliphatic rings. The van der Waals surface area contributed by atoms with E-state index in [9.17, 15) is 8.78 Å². The van der Waals surface area contributed by atoms with Crippen LogP contribution in [-0.4, -0.2) is 13.2 Å². The average Bonchev–Trinajstić information content (AvgIpc) is 2.89. The molecule has 0 saturated heterocycles. The van der Waals surface area contributed by atoms with E-state index < -0.39 is 6.61 Å². The van der Waals surface area contributed by atoms with E-state index in [2.05, 4.69) is 16.1 Å². The zero-order valence-electron chi connectivity index (χ0n) is 10.9. The lowest BCUT2D eigenvalue weighted by atomic mass is 10.1. The number of hydrogen-bond acceptors (Lipinski definition) is 2. The Hall–Kier alpha value is -1.42. The maximum atomic E-state index is 12.0. The van der Waals surface area contributed by atoms with Gasteiger partial charge < -0.3 is 10.1 Å². The number of allylic oxidation sites excluding steroid dienone is 1. The molecule has 19 heavy (non-hydrogen) atoms. The first kappa shape index (κ1) is 14.0. The Kier molecular flexibility index (Phi) is 5.33. The van der Waals surface area contributed by atoms with Crippen molar-refractivity contribution in [3.63, 3.8) is 0 Å². The van der Waals surface area contributed by atoms with Crippen molar-refractivity contribution in [3.8, 4) is 5.75 Å². The first-order valence-electron chi connectivity index (χ1n) is 6.66. The molecular weight excluding hydrogens is 248 g/mol. The fourth-order valence-corrected chi connectivity index (χ4v) is 2.23. The second-order valence-corrected chi connectivity index (χ2v) is 4.70. The molecule has 0 bridgehead atoms. The van der Waals surface area contributed by atoms with Crippen molar-refractivity contribution in [3.05, 3.63) is 41.5 Å². The molecule has 0 fully saturated rings. The van der Waals surface area contributed by atoms with Gasteiger partial charge in [-0.2, -0.15) is 8.78 Å². The summed E-state index contributed by atoms with van der Waals surface area (Å²) in [6, 6.07) is 6.75. The summed E-state index contributed by atoms with van der Waals surface area (Å²) in [6.45, 7) is -1.05. The molecule has 0 spiro atoms. The minimum absolute atomic E-state index is 0.204. The van der Waals surface area contributed by atoms with E-state index in [4.69, 9.17) is 0 Å². The first-order valence-corrected chi connectivity index (χ1v) is 6.66. The number of nitrogens with one attached hydrogen (secondary N) is 1. The number of benzene rings is 1. The van der Waals surface area contributed by atoms with Crippen LogP contribution in [0.4, 0.5) is 8.78 Å². The summed E-state index contributed by atoms with van der Waals surface area (Å²) in [5, 5.41) is 3.36. The Labute approximate surface area is 112 Å². The van der Waals surface area contributed by atoms with Gasteiger partial charge in [0.15, 0.2) is 0 Å². The van der Waals surface area contributed by atoms with Gasteiger partial charge >= 0.3 is 6.61 Å². The zero-order chi connectivity index (χ0) is 13.5. The highest BCUT2D eigenvalue weighted by Gasteiger charge is 2.05. The lowest BCUT2D eigenvalue weighted by Crippen LogP contribution is -2.15. The van der Waals surface area contributed by atoms with Crippen molar-refractivity contribution in [1.29, 1.82) is 0 Å². The lowest BCUT2D eigenvalue weighted by molar-refractivity contribution is -0.0498. The second kappa shape index (κ2) is 7.24. The van der Waals surface area contributed by atoms with Crippen molar-refractivity contribution in [2.24, 2.45) is 0 Å². The van der Waals surface area contributed by atoms with E-state index >= 15 is 0 Å². The van der Waals surface area contributed by atoms with E-state index in [1.165, 1.54) is 19.3 Å². The fourth-order valence-electron chi connectivity index (χ4n) is 2.23. The Bertz CT molecular complexity index is 415. The maximum Gasteiger partial charge on any atom is 0.387 e. The van der Waals surface area contributed by atoms with Crippen molar-refractivity contribution in [2.75, 3.05) is 6.54 Å².